The number of nitrogens with zero attached hydrogens (tertiary/aromatic N) is 7. The van der Waals surface area contributed by atoms with Crippen molar-refractivity contribution in [3.05, 3.63) is 96.0 Å². The predicted molar refractivity (Wildman–Crippen MR) is 164 cm³/mol. The Morgan fingerprint density at radius 2 is 1.91 bits per heavy atom. The highest BCUT2D eigenvalue weighted by Gasteiger charge is 2.29. The van der Waals surface area contributed by atoms with Crippen LogP contribution in [0.5, 0.6) is 5.75 Å². The molecule has 14 heteroatoms. The minimum atomic E-state index is -3.84. The number of carbonyl (C=O) groups excluding carboxylic acids is 1. The van der Waals surface area contributed by atoms with Gasteiger partial charge in [0.25, 0.3) is 5.91 Å². The van der Waals surface area contributed by atoms with Crippen LogP contribution in [0.4, 0.5) is 14.5 Å². The first-order valence-corrected chi connectivity index (χ1v) is 14.7. The molecule has 2 aromatic carbocycles. The third kappa shape index (κ3) is 5.03. The van der Waals surface area contributed by atoms with Gasteiger partial charge in [0.2, 0.25) is 5.95 Å². The van der Waals surface area contributed by atoms with Gasteiger partial charge in [0.15, 0.2) is 0 Å². The molecule has 0 saturated carbocycles. The molecule has 0 fully saturated rings. The summed E-state index contributed by atoms with van der Waals surface area (Å²) in [5, 5.41) is 7.61. The predicted octanol–water partition coefficient (Wildman–Crippen LogP) is 6.16. The van der Waals surface area contributed by atoms with E-state index in [0.29, 0.717) is 42.4 Å². The molecule has 6 aromatic rings. The zero-order valence-electron chi connectivity index (χ0n) is 24.1. The molecule has 1 amide bonds. The molecule has 11 nitrogen and oxygen atoms in total. The lowest BCUT2D eigenvalue weighted by Crippen LogP contribution is -2.21. The van der Waals surface area contributed by atoms with Gasteiger partial charge in [-0.3, -0.25) is 9.78 Å². The molecule has 0 radical (unpaired) electrons. The van der Waals surface area contributed by atoms with Crippen molar-refractivity contribution in [3.63, 3.8) is 0 Å². The zero-order chi connectivity index (χ0) is 31.6. The normalized spacial score (nSPS) is 15.3. The number of ether oxygens (including phenoxy) is 2. The monoisotopic (exact) mass is 640 g/mol. The highest BCUT2D eigenvalue weighted by atomic mass is 35.5. The van der Waals surface area contributed by atoms with Crippen LogP contribution in [0.15, 0.2) is 73.3 Å². The van der Waals surface area contributed by atoms with Crippen LogP contribution in [0.2, 0.25) is 0 Å². The van der Waals surface area contributed by atoms with E-state index in [0.717, 1.165) is 45.0 Å². The first kappa shape index (κ1) is 28.2. The Morgan fingerprint density at radius 3 is 2.70 bits per heavy atom. The number of fused-ring (bicyclic) bond motifs is 6. The Hall–Kier alpha value is -5.27. The van der Waals surface area contributed by atoms with Crippen molar-refractivity contribution in [2.24, 2.45) is 0 Å². The molecule has 2 aliphatic rings. The molecule has 1 aliphatic carbocycles. The summed E-state index contributed by atoms with van der Waals surface area (Å²) in [6, 6.07) is 12.8. The molecule has 0 saturated heterocycles. The van der Waals surface area contributed by atoms with E-state index >= 15 is 0 Å². The summed E-state index contributed by atoms with van der Waals surface area (Å²) in [6.45, 7) is 2.94. The number of halogens is 3. The molecule has 1 aliphatic heterocycles. The maximum absolute atomic E-state index is 13.6. The van der Waals surface area contributed by atoms with E-state index in [1.54, 1.807) is 29.2 Å². The second-order valence-corrected chi connectivity index (χ2v) is 11.5. The van der Waals surface area contributed by atoms with E-state index in [1.165, 1.54) is 24.3 Å². The van der Waals surface area contributed by atoms with Gasteiger partial charge in [0.1, 0.15) is 18.2 Å². The fourth-order valence-corrected chi connectivity index (χ4v) is 6.08. The summed E-state index contributed by atoms with van der Waals surface area (Å²) >= 11 is 4.86. The van der Waals surface area contributed by atoms with Gasteiger partial charge in [-0.15, -0.1) is 8.78 Å². The van der Waals surface area contributed by atoms with Gasteiger partial charge in [-0.25, -0.2) is 19.6 Å². The maximum atomic E-state index is 13.6. The smallest absolute Gasteiger partial charge is 0.420 e. The minimum Gasteiger partial charge on any atom is -0.420 e. The zero-order valence-corrected chi connectivity index (χ0v) is 24.9. The van der Waals surface area contributed by atoms with Crippen molar-refractivity contribution in [1.82, 2.24) is 34.3 Å². The highest BCUT2D eigenvalue weighted by molar-refractivity contribution is 6.20. The van der Waals surface area contributed by atoms with Crippen LogP contribution in [-0.4, -0.2) is 52.4 Å². The van der Waals surface area contributed by atoms with Crippen molar-refractivity contribution >= 4 is 34.2 Å². The number of nitrogens with one attached hydrogen (secondary N) is 1. The van der Waals surface area contributed by atoms with Gasteiger partial charge in [0.05, 0.1) is 35.1 Å². The molecule has 8 rings (SSSR count). The Balaban J connectivity index is 1.20. The van der Waals surface area contributed by atoms with Crippen molar-refractivity contribution in [3.8, 4) is 34.1 Å². The van der Waals surface area contributed by atoms with E-state index in [1.807, 2.05) is 24.5 Å². The molecule has 230 valence electrons. The van der Waals surface area contributed by atoms with E-state index in [-0.39, 0.29) is 11.8 Å². The maximum Gasteiger partial charge on any atom is 0.487 e. The molecule has 5 heterocycles. The number of carbonyl (C=O) groups is 1. The molecule has 0 unspecified atom stereocenters. The number of aromatic nitrogens is 7. The second-order valence-electron chi connectivity index (χ2n) is 11.1. The SMILES string of the molecule is C[C@@H]1COCc2nc3cc(C(=O)Nc4ccc(OC(F)(F)Cl)cc4)cc(-c4cnc5c(c4)-c4nn(-c6ncccn6)cc4C5)c3n21. The van der Waals surface area contributed by atoms with Crippen LogP contribution in [0.1, 0.15) is 40.4 Å². The number of hydrogen-bond donors (Lipinski definition) is 1. The van der Waals surface area contributed by atoms with Crippen LogP contribution in [0.25, 0.3) is 39.4 Å². The number of hydrogen-bond acceptors (Lipinski definition) is 8. The average Bonchev–Trinajstić information content (AvgIpc) is 3.72. The summed E-state index contributed by atoms with van der Waals surface area (Å²) in [5.74, 6) is 0.685. The third-order valence-electron chi connectivity index (χ3n) is 7.94. The van der Waals surface area contributed by atoms with Gasteiger partial charge in [-0.2, -0.15) is 5.10 Å². The Morgan fingerprint density at radius 1 is 1.11 bits per heavy atom. The van der Waals surface area contributed by atoms with Crippen LogP contribution in [0.3, 0.4) is 0 Å². The third-order valence-corrected chi connectivity index (χ3v) is 8.02. The van der Waals surface area contributed by atoms with Crippen molar-refractivity contribution in [1.29, 1.82) is 0 Å². The first-order valence-electron chi connectivity index (χ1n) is 14.4. The largest absolute Gasteiger partial charge is 0.487 e. The Bertz CT molecular complexity index is 2150. The molecule has 0 spiro atoms. The molecule has 0 bridgehead atoms. The number of benzene rings is 2. The Kier molecular flexibility index (Phi) is 6.55. The van der Waals surface area contributed by atoms with Crippen molar-refractivity contribution in [2.75, 3.05) is 11.9 Å². The van der Waals surface area contributed by atoms with Crippen LogP contribution < -0.4 is 10.1 Å². The quantitative estimate of drug-likeness (QED) is 0.215. The Labute approximate surface area is 264 Å². The first-order chi connectivity index (χ1) is 22.2. The summed E-state index contributed by atoms with van der Waals surface area (Å²) < 4.78 is 40.0. The summed E-state index contributed by atoms with van der Waals surface area (Å²) in [7, 11) is 0. The molecule has 46 heavy (non-hydrogen) atoms. The molecular formula is C32H23ClF2N8O3. The number of imidazole rings is 1. The van der Waals surface area contributed by atoms with E-state index in [9.17, 15) is 13.6 Å². The highest BCUT2D eigenvalue weighted by Crippen LogP contribution is 2.40. The number of pyridine rings is 1. The lowest BCUT2D eigenvalue weighted by molar-refractivity contribution is -0.0964. The minimum absolute atomic E-state index is 0.0174. The molecule has 1 N–H and O–H groups in total. The van der Waals surface area contributed by atoms with Gasteiger partial charge < -0.3 is 19.4 Å². The van der Waals surface area contributed by atoms with Gasteiger partial charge in [-0.05, 0) is 55.5 Å². The van der Waals surface area contributed by atoms with E-state index < -0.39 is 11.5 Å². The molecule has 1 atom stereocenters. The lowest BCUT2D eigenvalue weighted by atomic mass is 9.99. The fourth-order valence-electron chi connectivity index (χ4n) is 5.99. The summed E-state index contributed by atoms with van der Waals surface area (Å²) in [6.07, 6.45) is 7.69. The fraction of sp³-hybridized carbons (Fsp3) is 0.188. The number of alkyl halides is 3. The van der Waals surface area contributed by atoms with Gasteiger partial charge >= 0.3 is 5.57 Å². The lowest BCUT2D eigenvalue weighted by Gasteiger charge is -2.23. The van der Waals surface area contributed by atoms with Gasteiger partial charge in [0, 0.05) is 76.3 Å². The van der Waals surface area contributed by atoms with Crippen LogP contribution >= 0.6 is 11.6 Å². The van der Waals surface area contributed by atoms with Crippen molar-refractivity contribution in [2.45, 2.75) is 31.6 Å². The van der Waals surface area contributed by atoms with Crippen molar-refractivity contribution < 1.29 is 23.0 Å². The van der Waals surface area contributed by atoms with E-state index in [2.05, 4.69) is 31.5 Å². The topological polar surface area (TPSA) is 122 Å². The second kappa shape index (κ2) is 10.7. The number of amides is 1. The molecular weight excluding hydrogens is 618 g/mol. The summed E-state index contributed by atoms with van der Waals surface area (Å²) in [5.41, 5.74) is 3.59. The van der Waals surface area contributed by atoms with Crippen LogP contribution in [-0.2, 0) is 17.8 Å². The van der Waals surface area contributed by atoms with Crippen LogP contribution in [0, 0.1) is 0 Å². The number of anilines is 1. The van der Waals surface area contributed by atoms with E-state index in [4.69, 9.17) is 31.4 Å². The standard InChI is InChI=1S/C32H23ClF2N8O3/c1-17-15-45-16-27-40-26-11-18(30(44)39-21-3-5-22(6-4-21)46-32(33,34)35)9-23(29(26)43(17)27)19-10-24-25(38-13-19)12-20-14-42(41-28(20)24)31-36-7-2-8-37-31/h2-11,13-14,17H,12,15-16H2,1H3,(H,39,44)/t17-/m1/s1. The van der Waals surface area contributed by atoms with Gasteiger partial charge in [-0.1, -0.05) is 0 Å². The average molecular weight is 641 g/mol. The summed E-state index contributed by atoms with van der Waals surface area (Å²) in [4.78, 5) is 31.8. The number of rotatable bonds is 6. The molecule has 4 aromatic heterocycles.